The lowest BCUT2D eigenvalue weighted by Gasteiger charge is -2.08. The van der Waals surface area contributed by atoms with Gasteiger partial charge in [0, 0.05) is 29.7 Å². The predicted molar refractivity (Wildman–Crippen MR) is 98.9 cm³/mol. The van der Waals surface area contributed by atoms with E-state index in [0.717, 1.165) is 17.1 Å². The molecule has 3 aromatic rings. The highest BCUT2D eigenvalue weighted by atomic mass is 16.6. The van der Waals surface area contributed by atoms with Crippen LogP contribution in [0.2, 0.25) is 0 Å². The molecule has 0 N–H and O–H groups in total. The minimum absolute atomic E-state index is 0.0470. The fourth-order valence-electron chi connectivity index (χ4n) is 2.60. The van der Waals surface area contributed by atoms with E-state index in [9.17, 15) is 15.4 Å². The third kappa shape index (κ3) is 3.47. The summed E-state index contributed by atoms with van der Waals surface area (Å²) in [4.78, 5) is 10.5. The lowest BCUT2D eigenvalue weighted by atomic mass is 10.1. The number of nitrogens with zero attached hydrogens (tertiary/aromatic N) is 3. The molecule has 0 bridgehead atoms. The van der Waals surface area contributed by atoms with Crippen LogP contribution in [0, 0.1) is 21.4 Å². The fraction of sp³-hybridized carbons (Fsp3) is 0.0500. The molecular formula is C20H15N3O3. The Hall–Kier alpha value is -3.85. The highest BCUT2D eigenvalue weighted by molar-refractivity contribution is 5.89. The zero-order chi connectivity index (χ0) is 18.5. The van der Waals surface area contributed by atoms with Crippen LogP contribution in [-0.2, 0) is 0 Å². The lowest BCUT2D eigenvalue weighted by molar-refractivity contribution is -0.384. The molecule has 0 unspecified atom stereocenters. The summed E-state index contributed by atoms with van der Waals surface area (Å²) in [6.07, 6.45) is 3.60. The number of aromatic nitrogens is 1. The van der Waals surface area contributed by atoms with E-state index in [2.05, 4.69) is 6.07 Å². The standard InChI is InChI=1S/C20H15N3O3/c1-26-20-9-7-17(8-10-20)22-11-3-6-18(22)13-16(14-21)15-4-2-5-19(12-15)23(24)25/h2-13H,1H3/b16-13-. The quantitative estimate of drug-likeness (QED) is 0.388. The Balaban J connectivity index is 2.01. The maximum Gasteiger partial charge on any atom is 0.270 e. The van der Waals surface area contributed by atoms with Crippen molar-refractivity contribution in [1.82, 2.24) is 4.57 Å². The molecule has 0 saturated heterocycles. The van der Waals surface area contributed by atoms with E-state index >= 15 is 0 Å². The molecule has 0 aliphatic carbocycles. The second-order valence-electron chi connectivity index (χ2n) is 5.48. The van der Waals surface area contributed by atoms with Gasteiger partial charge in [-0.25, -0.2) is 0 Å². The monoisotopic (exact) mass is 345 g/mol. The van der Waals surface area contributed by atoms with Crippen molar-refractivity contribution in [2.75, 3.05) is 7.11 Å². The van der Waals surface area contributed by atoms with Crippen LogP contribution in [0.15, 0.2) is 66.9 Å². The van der Waals surface area contributed by atoms with Crippen LogP contribution in [0.1, 0.15) is 11.3 Å². The van der Waals surface area contributed by atoms with E-state index in [4.69, 9.17) is 4.74 Å². The van der Waals surface area contributed by atoms with Crippen molar-refractivity contribution in [2.24, 2.45) is 0 Å². The number of methoxy groups -OCH3 is 1. The molecule has 0 aliphatic heterocycles. The zero-order valence-corrected chi connectivity index (χ0v) is 14.0. The largest absolute Gasteiger partial charge is 0.497 e. The van der Waals surface area contributed by atoms with Gasteiger partial charge in [0.05, 0.1) is 23.7 Å². The molecule has 0 radical (unpaired) electrons. The first-order valence-corrected chi connectivity index (χ1v) is 7.81. The van der Waals surface area contributed by atoms with Crippen molar-refractivity contribution < 1.29 is 9.66 Å². The Kier molecular flexibility index (Phi) is 4.81. The van der Waals surface area contributed by atoms with Crippen LogP contribution in [-0.4, -0.2) is 16.6 Å². The number of nitriles is 1. The summed E-state index contributed by atoms with van der Waals surface area (Å²) >= 11 is 0. The van der Waals surface area contributed by atoms with Gasteiger partial charge >= 0.3 is 0 Å². The second-order valence-corrected chi connectivity index (χ2v) is 5.48. The van der Waals surface area contributed by atoms with Gasteiger partial charge in [0.15, 0.2) is 0 Å². The highest BCUT2D eigenvalue weighted by Crippen LogP contribution is 2.24. The van der Waals surface area contributed by atoms with Gasteiger partial charge in [0.2, 0.25) is 0 Å². The molecule has 0 saturated carbocycles. The molecule has 0 fully saturated rings. The number of nitro benzene ring substituents is 1. The Labute approximate surface area is 150 Å². The van der Waals surface area contributed by atoms with E-state index < -0.39 is 4.92 Å². The first kappa shape index (κ1) is 17.0. The molecule has 128 valence electrons. The Morgan fingerprint density at radius 2 is 1.96 bits per heavy atom. The molecule has 3 rings (SSSR count). The third-order valence-corrected chi connectivity index (χ3v) is 3.91. The minimum Gasteiger partial charge on any atom is -0.497 e. The average Bonchev–Trinajstić information content (AvgIpc) is 3.14. The van der Waals surface area contributed by atoms with Crippen LogP contribution in [0.25, 0.3) is 17.3 Å². The molecule has 0 amide bonds. The Morgan fingerprint density at radius 1 is 1.19 bits per heavy atom. The smallest absolute Gasteiger partial charge is 0.270 e. The summed E-state index contributed by atoms with van der Waals surface area (Å²) in [5.41, 5.74) is 2.51. The number of nitro groups is 1. The number of rotatable bonds is 5. The topological polar surface area (TPSA) is 81.1 Å². The molecule has 6 nitrogen and oxygen atoms in total. The van der Waals surface area contributed by atoms with Crippen molar-refractivity contribution in [3.63, 3.8) is 0 Å². The number of hydrogen-bond donors (Lipinski definition) is 0. The predicted octanol–water partition coefficient (Wildman–Crippen LogP) is 4.46. The number of non-ortho nitro benzene ring substituents is 1. The van der Waals surface area contributed by atoms with Gasteiger partial charge in [0.25, 0.3) is 5.69 Å². The van der Waals surface area contributed by atoms with Gasteiger partial charge in [-0.2, -0.15) is 5.26 Å². The Bertz CT molecular complexity index is 1010. The normalized spacial score (nSPS) is 11.0. The number of benzene rings is 2. The van der Waals surface area contributed by atoms with E-state index in [0.29, 0.717) is 11.1 Å². The lowest BCUT2D eigenvalue weighted by Crippen LogP contribution is -1.95. The van der Waals surface area contributed by atoms with Crippen LogP contribution >= 0.6 is 0 Å². The molecule has 0 atom stereocenters. The molecule has 1 aromatic heterocycles. The minimum atomic E-state index is -0.474. The SMILES string of the molecule is COc1ccc(-n2cccc2/C=C(/C#N)c2cccc([N+](=O)[O-])c2)cc1. The molecule has 0 spiro atoms. The van der Waals surface area contributed by atoms with Crippen molar-refractivity contribution in [3.05, 3.63) is 88.2 Å². The van der Waals surface area contributed by atoms with Gasteiger partial charge in [-0.1, -0.05) is 12.1 Å². The number of hydrogen-bond acceptors (Lipinski definition) is 4. The summed E-state index contributed by atoms with van der Waals surface area (Å²) in [6, 6.07) is 19.5. The summed E-state index contributed by atoms with van der Waals surface area (Å²) in [5.74, 6) is 0.757. The van der Waals surface area contributed by atoms with E-state index in [1.54, 1.807) is 25.3 Å². The van der Waals surface area contributed by atoms with Crippen molar-refractivity contribution in [1.29, 1.82) is 5.26 Å². The molecule has 1 heterocycles. The molecule has 26 heavy (non-hydrogen) atoms. The number of ether oxygens (including phenoxy) is 1. The second kappa shape index (κ2) is 7.36. The number of allylic oxidation sites excluding steroid dienone is 1. The maximum absolute atomic E-state index is 11.0. The summed E-state index contributed by atoms with van der Waals surface area (Å²) in [6.45, 7) is 0. The molecular weight excluding hydrogens is 330 g/mol. The van der Waals surface area contributed by atoms with Crippen LogP contribution < -0.4 is 4.74 Å². The molecule has 0 aliphatic rings. The van der Waals surface area contributed by atoms with Gasteiger partial charge in [-0.15, -0.1) is 0 Å². The summed E-state index contributed by atoms with van der Waals surface area (Å²) < 4.78 is 7.09. The first-order valence-electron chi connectivity index (χ1n) is 7.81. The van der Waals surface area contributed by atoms with Crippen LogP contribution in [0.5, 0.6) is 5.75 Å². The van der Waals surface area contributed by atoms with E-state index in [1.165, 1.54) is 12.1 Å². The van der Waals surface area contributed by atoms with E-state index in [1.807, 2.05) is 47.2 Å². The van der Waals surface area contributed by atoms with E-state index in [-0.39, 0.29) is 5.69 Å². The molecule has 6 heteroatoms. The Morgan fingerprint density at radius 3 is 2.62 bits per heavy atom. The molecule has 2 aromatic carbocycles. The van der Waals surface area contributed by atoms with Crippen LogP contribution in [0.4, 0.5) is 5.69 Å². The van der Waals surface area contributed by atoms with Gasteiger partial charge in [-0.05, 0) is 48.0 Å². The maximum atomic E-state index is 11.0. The summed E-state index contributed by atoms with van der Waals surface area (Å²) in [7, 11) is 1.61. The van der Waals surface area contributed by atoms with Crippen molar-refractivity contribution in [2.45, 2.75) is 0 Å². The summed E-state index contributed by atoms with van der Waals surface area (Å²) in [5, 5.41) is 20.5. The average molecular weight is 345 g/mol. The van der Waals surface area contributed by atoms with Crippen molar-refractivity contribution in [3.8, 4) is 17.5 Å². The fourth-order valence-corrected chi connectivity index (χ4v) is 2.60. The van der Waals surface area contributed by atoms with Crippen LogP contribution in [0.3, 0.4) is 0 Å². The highest BCUT2D eigenvalue weighted by Gasteiger charge is 2.10. The van der Waals surface area contributed by atoms with Gasteiger partial charge in [-0.3, -0.25) is 10.1 Å². The van der Waals surface area contributed by atoms with Gasteiger partial charge < -0.3 is 9.30 Å². The third-order valence-electron chi connectivity index (χ3n) is 3.91. The van der Waals surface area contributed by atoms with Gasteiger partial charge in [0.1, 0.15) is 5.75 Å². The van der Waals surface area contributed by atoms with Crippen molar-refractivity contribution >= 4 is 17.3 Å². The zero-order valence-electron chi connectivity index (χ0n) is 14.0. The first-order chi connectivity index (χ1) is 12.6.